The summed E-state index contributed by atoms with van der Waals surface area (Å²) in [7, 11) is 0. The smallest absolute Gasteiger partial charge is 0.328 e. The highest BCUT2D eigenvalue weighted by atomic mass is 19.4. The first kappa shape index (κ1) is 12.5. The van der Waals surface area contributed by atoms with Crippen LogP contribution in [0.25, 0.3) is 0 Å². The number of allylic oxidation sites excluding steroid dienone is 1. The molecule has 1 aliphatic heterocycles. The first-order valence-electron chi connectivity index (χ1n) is 4.90. The number of aliphatic imine (C=N–C) groups is 1. The van der Waals surface area contributed by atoms with Crippen molar-refractivity contribution in [2.75, 3.05) is 11.4 Å². The molecular weight excluding hydrogens is 255 g/mol. The molecule has 0 unspecified atom stereocenters. The standard InChI is InChI=1S/C11H7F5N2/c12-7-1-3-8(4-2-7)18-6-10(13)17-5-9(18)11(14,15)16/h1-5H,6H2. The van der Waals surface area contributed by atoms with Crippen LogP contribution >= 0.6 is 0 Å². The fourth-order valence-electron chi connectivity index (χ4n) is 1.53. The lowest BCUT2D eigenvalue weighted by atomic mass is 10.2. The number of nitrogens with zero attached hydrogens (tertiary/aromatic N) is 2. The summed E-state index contributed by atoms with van der Waals surface area (Å²) in [5.74, 6) is -1.52. The van der Waals surface area contributed by atoms with Crippen molar-refractivity contribution in [2.45, 2.75) is 6.18 Å². The van der Waals surface area contributed by atoms with Gasteiger partial charge in [-0.25, -0.2) is 9.38 Å². The van der Waals surface area contributed by atoms with E-state index in [9.17, 15) is 22.0 Å². The van der Waals surface area contributed by atoms with E-state index in [1.807, 2.05) is 0 Å². The molecule has 1 aromatic carbocycles. The van der Waals surface area contributed by atoms with E-state index in [-0.39, 0.29) is 5.69 Å². The Morgan fingerprint density at radius 1 is 1.06 bits per heavy atom. The quantitative estimate of drug-likeness (QED) is 0.708. The van der Waals surface area contributed by atoms with E-state index in [0.717, 1.165) is 24.3 Å². The Balaban J connectivity index is 2.40. The van der Waals surface area contributed by atoms with E-state index < -0.39 is 30.2 Å². The Labute approximate surface area is 99.0 Å². The van der Waals surface area contributed by atoms with Crippen LogP contribution in [0, 0.1) is 5.82 Å². The third-order valence-corrected chi connectivity index (χ3v) is 2.34. The van der Waals surface area contributed by atoms with Gasteiger partial charge >= 0.3 is 6.18 Å². The molecule has 0 spiro atoms. The van der Waals surface area contributed by atoms with E-state index in [4.69, 9.17) is 0 Å². The topological polar surface area (TPSA) is 15.6 Å². The summed E-state index contributed by atoms with van der Waals surface area (Å²) in [4.78, 5) is 3.72. The Hall–Kier alpha value is -1.92. The molecule has 0 bridgehead atoms. The molecule has 0 saturated carbocycles. The fourth-order valence-corrected chi connectivity index (χ4v) is 1.53. The molecule has 18 heavy (non-hydrogen) atoms. The van der Waals surface area contributed by atoms with E-state index >= 15 is 0 Å². The van der Waals surface area contributed by atoms with Crippen LogP contribution in [0.1, 0.15) is 0 Å². The number of hydrogen-bond donors (Lipinski definition) is 0. The zero-order chi connectivity index (χ0) is 13.3. The van der Waals surface area contributed by atoms with Gasteiger partial charge in [0, 0.05) is 5.69 Å². The molecule has 96 valence electrons. The predicted molar refractivity (Wildman–Crippen MR) is 56.4 cm³/mol. The zero-order valence-electron chi connectivity index (χ0n) is 8.88. The number of anilines is 1. The van der Waals surface area contributed by atoms with Crippen LogP contribution in [0.4, 0.5) is 27.6 Å². The van der Waals surface area contributed by atoms with Crippen molar-refractivity contribution < 1.29 is 22.0 Å². The number of alkyl halides is 3. The molecular formula is C11H7F5N2. The minimum absolute atomic E-state index is 0.0463. The molecule has 1 aliphatic rings. The van der Waals surface area contributed by atoms with Crippen molar-refractivity contribution in [1.29, 1.82) is 0 Å². The SMILES string of the molecule is FC1=NC=C(C(F)(F)F)N(c2ccc(F)cc2)C1. The molecule has 2 nitrogen and oxygen atoms in total. The second kappa shape index (κ2) is 4.40. The van der Waals surface area contributed by atoms with Gasteiger partial charge < -0.3 is 4.90 Å². The lowest BCUT2D eigenvalue weighted by molar-refractivity contribution is -0.0935. The monoisotopic (exact) mass is 262 g/mol. The number of halogens is 5. The maximum absolute atomic E-state index is 13.0. The second-order valence-electron chi connectivity index (χ2n) is 3.58. The van der Waals surface area contributed by atoms with Crippen molar-refractivity contribution in [2.24, 2.45) is 4.99 Å². The Morgan fingerprint density at radius 2 is 1.67 bits per heavy atom. The van der Waals surface area contributed by atoms with Crippen LogP contribution < -0.4 is 4.90 Å². The van der Waals surface area contributed by atoms with Gasteiger partial charge in [0.1, 0.15) is 11.5 Å². The first-order valence-corrected chi connectivity index (χ1v) is 4.90. The number of rotatable bonds is 1. The van der Waals surface area contributed by atoms with Crippen molar-refractivity contribution in [3.8, 4) is 0 Å². The molecule has 0 amide bonds. The summed E-state index contributed by atoms with van der Waals surface area (Å²) < 4.78 is 63.8. The van der Waals surface area contributed by atoms with Crippen LogP contribution in [0.15, 0.2) is 41.2 Å². The molecule has 1 aromatic rings. The number of hydrogen-bond acceptors (Lipinski definition) is 2. The zero-order valence-corrected chi connectivity index (χ0v) is 8.88. The second-order valence-corrected chi connectivity index (χ2v) is 3.58. The Bertz CT molecular complexity index is 501. The van der Waals surface area contributed by atoms with Gasteiger partial charge in [-0.1, -0.05) is 0 Å². The first-order chi connectivity index (χ1) is 8.38. The van der Waals surface area contributed by atoms with Crippen LogP contribution in [-0.2, 0) is 0 Å². The van der Waals surface area contributed by atoms with Gasteiger partial charge in [0.2, 0.25) is 5.97 Å². The van der Waals surface area contributed by atoms with Gasteiger partial charge in [0.15, 0.2) is 0 Å². The van der Waals surface area contributed by atoms with Gasteiger partial charge in [-0.05, 0) is 24.3 Å². The molecule has 0 atom stereocenters. The van der Waals surface area contributed by atoms with E-state index in [1.165, 1.54) is 0 Å². The summed E-state index contributed by atoms with van der Waals surface area (Å²) >= 11 is 0. The predicted octanol–water partition coefficient (Wildman–Crippen LogP) is 3.42. The molecule has 0 fully saturated rings. The Morgan fingerprint density at radius 3 is 2.22 bits per heavy atom. The van der Waals surface area contributed by atoms with Crippen molar-refractivity contribution in [3.63, 3.8) is 0 Å². The average molecular weight is 262 g/mol. The van der Waals surface area contributed by atoms with Gasteiger partial charge in [0.05, 0.1) is 12.7 Å². The summed E-state index contributed by atoms with van der Waals surface area (Å²) in [5, 5.41) is 0. The van der Waals surface area contributed by atoms with Crippen LogP contribution in [-0.4, -0.2) is 18.7 Å². The van der Waals surface area contributed by atoms with E-state index in [2.05, 4.69) is 4.99 Å². The van der Waals surface area contributed by atoms with Crippen molar-refractivity contribution in [1.82, 2.24) is 0 Å². The van der Waals surface area contributed by atoms with Gasteiger partial charge in [-0.15, -0.1) is 0 Å². The largest absolute Gasteiger partial charge is 0.432 e. The minimum Gasteiger partial charge on any atom is -0.328 e. The maximum atomic E-state index is 13.0. The fraction of sp³-hybridized carbons (Fsp3) is 0.182. The Kier molecular flexibility index (Phi) is 3.06. The highest BCUT2D eigenvalue weighted by molar-refractivity contribution is 5.83. The van der Waals surface area contributed by atoms with Crippen LogP contribution in [0.5, 0.6) is 0 Å². The molecule has 0 aliphatic carbocycles. The minimum atomic E-state index is -4.65. The normalized spacial score (nSPS) is 16.4. The summed E-state index contributed by atoms with van der Waals surface area (Å²) in [6.45, 7) is -0.628. The highest BCUT2D eigenvalue weighted by Crippen LogP contribution is 2.33. The third kappa shape index (κ3) is 2.49. The molecule has 0 saturated heterocycles. The lowest BCUT2D eigenvalue weighted by Crippen LogP contribution is -2.36. The van der Waals surface area contributed by atoms with E-state index in [1.54, 1.807) is 0 Å². The molecule has 0 radical (unpaired) electrons. The molecule has 7 heteroatoms. The van der Waals surface area contributed by atoms with Crippen molar-refractivity contribution >= 4 is 11.7 Å². The maximum Gasteiger partial charge on any atom is 0.432 e. The van der Waals surface area contributed by atoms with Gasteiger partial charge in [-0.3, -0.25) is 0 Å². The summed E-state index contributed by atoms with van der Waals surface area (Å²) in [6, 6.07) is 4.31. The molecule has 0 N–H and O–H groups in total. The lowest BCUT2D eigenvalue weighted by Gasteiger charge is -2.29. The summed E-state index contributed by atoms with van der Waals surface area (Å²) in [5.41, 5.74) is -1.04. The third-order valence-electron chi connectivity index (χ3n) is 2.34. The molecule has 1 heterocycles. The highest BCUT2D eigenvalue weighted by Gasteiger charge is 2.40. The average Bonchev–Trinajstić information content (AvgIpc) is 2.28. The van der Waals surface area contributed by atoms with Crippen LogP contribution in [0.3, 0.4) is 0 Å². The number of benzene rings is 1. The van der Waals surface area contributed by atoms with Gasteiger partial charge in [-0.2, -0.15) is 17.6 Å². The molecule has 2 rings (SSSR count). The van der Waals surface area contributed by atoms with E-state index in [0.29, 0.717) is 11.1 Å². The summed E-state index contributed by atoms with van der Waals surface area (Å²) in [6.07, 6.45) is -4.24. The van der Waals surface area contributed by atoms with Gasteiger partial charge in [0.25, 0.3) is 0 Å². The molecule has 0 aromatic heterocycles. The van der Waals surface area contributed by atoms with Crippen LogP contribution in [0.2, 0.25) is 0 Å². The van der Waals surface area contributed by atoms with Crippen molar-refractivity contribution in [3.05, 3.63) is 42.0 Å².